The first kappa shape index (κ1) is 17.7. The van der Waals surface area contributed by atoms with Crippen LogP contribution in [0.5, 0.6) is 0 Å². The molecule has 0 aliphatic carbocycles. The summed E-state index contributed by atoms with van der Waals surface area (Å²) in [6, 6.07) is 18.1. The van der Waals surface area contributed by atoms with Gasteiger partial charge in [0.2, 0.25) is 0 Å². The van der Waals surface area contributed by atoms with Gasteiger partial charge in [0.15, 0.2) is 0 Å². The molecule has 0 aliphatic rings. The molecular formula is C18H24NO3P. The van der Waals surface area contributed by atoms with Crippen molar-refractivity contribution in [2.75, 3.05) is 19.5 Å². The summed E-state index contributed by atoms with van der Waals surface area (Å²) in [5.41, 5.74) is 3.28. The molecule has 0 aliphatic heterocycles. The highest BCUT2D eigenvalue weighted by Gasteiger charge is 2.33. The van der Waals surface area contributed by atoms with Crippen LogP contribution in [-0.2, 0) is 20.0 Å². The lowest BCUT2D eigenvalue weighted by atomic mass is 10.1. The zero-order valence-electron chi connectivity index (χ0n) is 13.9. The molecule has 1 unspecified atom stereocenters. The van der Waals surface area contributed by atoms with Crippen molar-refractivity contribution in [3.05, 3.63) is 65.7 Å². The van der Waals surface area contributed by atoms with Crippen LogP contribution in [-0.4, -0.2) is 20.0 Å². The highest BCUT2D eigenvalue weighted by atomic mass is 31.2. The van der Waals surface area contributed by atoms with Crippen LogP contribution in [0, 0.1) is 6.92 Å². The summed E-state index contributed by atoms with van der Waals surface area (Å²) in [4.78, 5) is 0. The summed E-state index contributed by atoms with van der Waals surface area (Å²) in [5, 5.41) is 3.31. The van der Waals surface area contributed by atoms with E-state index in [1.165, 1.54) is 25.3 Å². The van der Waals surface area contributed by atoms with Gasteiger partial charge in [-0.05, 0) is 37.5 Å². The molecule has 2 rings (SSSR count). The standard InChI is InChI=1S/C18H24NO3P/c1-15-9-12-17(13-10-15)19-18(23(20,21-2)22-3)14-11-16-7-5-4-6-8-16/h4-10,12-13,18-19H,11,14H2,1-3H3. The van der Waals surface area contributed by atoms with Crippen LogP contribution in [0.25, 0.3) is 0 Å². The average molecular weight is 333 g/mol. The Balaban J connectivity index is 2.14. The van der Waals surface area contributed by atoms with Crippen LogP contribution in [0.2, 0.25) is 0 Å². The van der Waals surface area contributed by atoms with Crippen molar-refractivity contribution < 1.29 is 13.6 Å². The SMILES string of the molecule is COP(=O)(OC)C(CCc1ccccc1)Nc1ccc(C)cc1. The van der Waals surface area contributed by atoms with Gasteiger partial charge in [-0.15, -0.1) is 0 Å². The molecule has 0 radical (unpaired) electrons. The summed E-state index contributed by atoms with van der Waals surface area (Å²) < 4.78 is 23.2. The molecule has 0 saturated heterocycles. The quantitative estimate of drug-likeness (QED) is 0.701. The van der Waals surface area contributed by atoms with Crippen LogP contribution < -0.4 is 5.32 Å². The Labute approximate surface area is 138 Å². The zero-order chi connectivity index (χ0) is 16.7. The van der Waals surface area contributed by atoms with Gasteiger partial charge in [-0.2, -0.15) is 0 Å². The molecule has 0 aromatic heterocycles. The number of aryl methyl sites for hydroxylation is 2. The van der Waals surface area contributed by atoms with E-state index in [9.17, 15) is 4.57 Å². The lowest BCUT2D eigenvalue weighted by Crippen LogP contribution is -2.22. The molecule has 0 amide bonds. The second-order valence-corrected chi connectivity index (χ2v) is 7.89. The lowest BCUT2D eigenvalue weighted by molar-refractivity contribution is 0.266. The largest absolute Gasteiger partial charge is 0.372 e. The fourth-order valence-electron chi connectivity index (χ4n) is 2.43. The third-order valence-electron chi connectivity index (χ3n) is 3.82. The average Bonchev–Trinajstić information content (AvgIpc) is 2.60. The highest BCUT2D eigenvalue weighted by Crippen LogP contribution is 2.53. The van der Waals surface area contributed by atoms with E-state index in [0.29, 0.717) is 6.42 Å². The van der Waals surface area contributed by atoms with Gasteiger partial charge in [0, 0.05) is 19.9 Å². The molecule has 1 atom stereocenters. The Bertz CT molecular complexity index is 635. The third kappa shape index (κ3) is 4.93. The predicted molar refractivity (Wildman–Crippen MR) is 95.0 cm³/mol. The van der Waals surface area contributed by atoms with E-state index in [4.69, 9.17) is 9.05 Å². The Morgan fingerprint density at radius 1 is 1.00 bits per heavy atom. The minimum absolute atomic E-state index is 0.402. The van der Waals surface area contributed by atoms with Crippen molar-refractivity contribution in [1.82, 2.24) is 0 Å². The van der Waals surface area contributed by atoms with Gasteiger partial charge in [0.25, 0.3) is 0 Å². The van der Waals surface area contributed by atoms with Crippen molar-refractivity contribution in [2.45, 2.75) is 25.5 Å². The van der Waals surface area contributed by atoms with Crippen LogP contribution >= 0.6 is 7.60 Å². The predicted octanol–water partition coefficient (Wildman–Crippen LogP) is 4.85. The maximum Gasteiger partial charge on any atom is 0.352 e. The first-order chi connectivity index (χ1) is 11.1. The molecule has 2 aromatic carbocycles. The van der Waals surface area contributed by atoms with Gasteiger partial charge in [-0.25, -0.2) is 0 Å². The fraction of sp³-hybridized carbons (Fsp3) is 0.333. The number of hydrogen-bond acceptors (Lipinski definition) is 4. The first-order valence-electron chi connectivity index (χ1n) is 7.65. The maximum atomic E-state index is 12.8. The maximum absolute atomic E-state index is 12.8. The number of anilines is 1. The van der Waals surface area contributed by atoms with E-state index in [2.05, 4.69) is 17.4 Å². The zero-order valence-corrected chi connectivity index (χ0v) is 14.8. The molecule has 2 aromatic rings. The van der Waals surface area contributed by atoms with Crippen molar-refractivity contribution >= 4 is 13.3 Å². The summed E-state index contributed by atoms with van der Waals surface area (Å²) in [6.07, 6.45) is 1.44. The highest BCUT2D eigenvalue weighted by molar-refractivity contribution is 7.54. The Morgan fingerprint density at radius 3 is 2.17 bits per heavy atom. The molecule has 23 heavy (non-hydrogen) atoms. The van der Waals surface area contributed by atoms with Crippen LogP contribution in [0.15, 0.2) is 54.6 Å². The van der Waals surface area contributed by atoms with E-state index < -0.39 is 13.4 Å². The summed E-state index contributed by atoms with van der Waals surface area (Å²) in [5.74, 6) is -0.402. The molecule has 5 heteroatoms. The molecule has 0 bridgehead atoms. The van der Waals surface area contributed by atoms with Crippen molar-refractivity contribution in [1.29, 1.82) is 0 Å². The number of nitrogens with one attached hydrogen (secondary N) is 1. The minimum atomic E-state index is -3.22. The second-order valence-electron chi connectivity index (χ2n) is 5.46. The molecule has 1 N–H and O–H groups in total. The summed E-state index contributed by atoms with van der Waals surface area (Å²) >= 11 is 0. The van der Waals surface area contributed by atoms with Gasteiger partial charge in [0.05, 0.1) is 0 Å². The van der Waals surface area contributed by atoms with Crippen LogP contribution in [0.4, 0.5) is 5.69 Å². The van der Waals surface area contributed by atoms with E-state index in [0.717, 1.165) is 12.1 Å². The van der Waals surface area contributed by atoms with Crippen molar-refractivity contribution in [2.24, 2.45) is 0 Å². The lowest BCUT2D eigenvalue weighted by Gasteiger charge is -2.26. The smallest absolute Gasteiger partial charge is 0.352 e. The summed E-state index contributed by atoms with van der Waals surface area (Å²) in [6.45, 7) is 2.03. The first-order valence-corrected chi connectivity index (χ1v) is 9.27. The third-order valence-corrected chi connectivity index (χ3v) is 5.99. The summed E-state index contributed by atoms with van der Waals surface area (Å²) in [7, 11) is -0.362. The topological polar surface area (TPSA) is 47.6 Å². The molecular weight excluding hydrogens is 309 g/mol. The van der Waals surface area contributed by atoms with Gasteiger partial charge in [-0.3, -0.25) is 4.57 Å². The van der Waals surface area contributed by atoms with E-state index in [1.54, 1.807) is 0 Å². The molecule has 4 nitrogen and oxygen atoms in total. The number of benzene rings is 2. The van der Waals surface area contributed by atoms with Crippen LogP contribution in [0.3, 0.4) is 0 Å². The second kappa shape index (κ2) is 8.30. The monoisotopic (exact) mass is 333 g/mol. The Hall–Kier alpha value is -1.61. The van der Waals surface area contributed by atoms with Gasteiger partial charge in [-0.1, -0.05) is 48.0 Å². The van der Waals surface area contributed by atoms with Gasteiger partial charge in [0.1, 0.15) is 5.78 Å². The van der Waals surface area contributed by atoms with Crippen molar-refractivity contribution in [3.8, 4) is 0 Å². The Kier molecular flexibility index (Phi) is 6.40. The van der Waals surface area contributed by atoms with Gasteiger partial charge >= 0.3 is 7.60 Å². The van der Waals surface area contributed by atoms with Gasteiger partial charge < -0.3 is 14.4 Å². The number of hydrogen-bond donors (Lipinski definition) is 1. The molecule has 124 valence electrons. The molecule has 0 fully saturated rings. The fourth-order valence-corrected chi connectivity index (χ4v) is 3.84. The van der Waals surface area contributed by atoms with E-state index >= 15 is 0 Å². The molecule has 0 saturated carbocycles. The van der Waals surface area contributed by atoms with E-state index in [-0.39, 0.29) is 0 Å². The minimum Gasteiger partial charge on any atom is -0.372 e. The van der Waals surface area contributed by atoms with E-state index in [1.807, 2.05) is 49.4 Å². The Morgan fingerprint density at radius 2 is 1.61 bits per heavy atom. The van der Waals surface area contributed by atoms with Crippen LogP contribution in [0.1, 0.15) is 17.5 Å². The molecule has 0 spiro atoms. The number of rotatable bonds is 8. The molecule has 0 heterocycles. The van der Waals surface area contributed by atoms with Crippen molar-refractivity contribution in [3.63, 3.8) is 0 Å². The normalized spacial score (nSPS) is 12.8.